The van der Waals surface area contributed by atoms with Crippen molar-refractivity contribution < 1.29 is 19.2 Å². The molecule has 1 fully saturated rings. The zero-order chi connectivity index (χ0) is 20.8. The molecule has 8 nitrogen and oxygen atoms in total. The average Bonchev–Trinajstić information content (AvgIpc) is 3.21. The SMILES string of the molecule is CCOc1ccc(C(=O)Nc2ccccc2C(=O)NC2CCCC2)cc1[N+](=O)[O-]. The standard InChI is InChI=1S/C21H23N3O5/c1-2-29-19-12-11-14(13-18(19)24(27)28)20(25)23-17-10-6-5-9-16(17)21(26)22-15-7-3-4-8-15/h5-6,9-13,15H,2-4,7-8H2,1H3,(H,22,26)(H,23,25). The Hall–Kier alpha value is -3.42. The van der Waals surface area contributed by atoms with Crippen LogP contribution in [0.1, 0.15) is 53.3 Å². The molecule has 0 radical (unpaired) electrons. The summed E-state index contributed by atoms with van der Waals surface area (Å²) in [4.78, 5) is 36.0. The molecule has 2 N–H and O–H groups in total. The van der Waals surface area contributed by atoms with Gasteiger partial charge >= 0.3 is 5.69 Å². The number of nitro groups is 1. The number of nitro benzene ring substituents is 1. The third-order valence-corrected chi connectivity index (χ3v) is 4.83. The van der Waals surface area contributed by atoms with Crippen molar-refractivity contribution >= 4 is 23.2 Å². The first-order chi connectivity index (χ1) is 14.0. The third-order valence-electron chi connectivity index (χ3n) is 4.83. The summed E-state index contributed by atoms with van der Waals surface area (Å²) < 4.78 is 5.24. The van der Waals surface area contributed by atoms with Crippen molar-refractivity contribution in [3.8, 4) is 5.75 Å². The molecule has 2 amide bonds. The van der Waals surface area contributed by atoms with Crippen molar-refractivity contribution in [1.29, 1.82) is 0 Å². The molecule has 1 aliphatic carbocycles. The van der Waals surface area contributed by atoms with Crippen molar-refractivity contribution in [2.45, 2.75) is 38.6 Å². The largest absolute Gasteiger partial charge is 0.487 e. The van der Waals surface area contributed by atoms with E-state index < -0.39 is 10.8 Å². The molecule has 0 atom stereocenters. The van der Waals surface area contributed by atoms with Crippen LogP contribution < -0.4 is 15.4 Å². The second kappa shape index (κ2) is 9.18. The number of benzene rings is 2. The normalized spacial score (nSPS) is 13.7. The van der Waals surface area contributed by atoms with Gasteiger partial charge in [-0.05, 0) is 44.0 Å². The smallest absolute Gasteiger partial charge is 0.311 e. The molecule has 0 saturated heterocycles. The number of nitrogens with one attached hydrogen (secondary N) is 2. The lowest BCUT2D eigenvalue weighted by atomic mass is 10.1. The fraction of sp³-hybridized carbons (Fsp3) is 0.333. The van der Waals surface area contributed by atoms with Gasteiger partial charge in [-0.25, -0.2) is 0 Å². The molecule has 29 heavy (non-hydrogen) atoms. The van der Waals surface area contributed by atoms with Crippen LogP contribution in [0.4, 0.5) is 11.4 Å². The van der Waals surface area contributed by atoms with Gasteiger partial charge in [-0.1, -0.05) is 25.0 Å². The maximum atomic E-state index is 12.7. The van der Waals surface area contributed by atoms with Crippen LogP contribution in [0.2, 0.25) is 0 Å². The molecule has 0 unspecified atom stereocenters. The van der Waals surface area contributed by atoms with Crippen molar-refractivity contribution in [1.82, 2.24) is 5.32 Å². The molecule has 3 rings (SSSR count). The van der Waals surface area contributed by atoms with Gasteiger partial charge in [-0.2, -0.15) is 0 Å². The minimum Gasteiger partial charge on any atom is -0.487 e. The Morgan fingerprint density at radius 3 is 2.55 bits per heavy atom. The van der Waals surface area contributed by atoms with E-state index in [2.05, 4.69) is 10.6 Å². The van der Waals surface area contributed by atoms with E-state index in [0.29, 0.717) is 11.3 Å². The number of rotatable bonds is 7. The molecule has 0 spiro atoms. The Morgan fingerprint density at radius 1 is 1.14 bits per heavy atom. The number of carbonyl (C=O) groups is 2. The van der Waals surface area contributed by atoms with E-state index in [1.54, 1.807) is 31.2 Å². The summed E-state index contributed by atoms with van der Waals surface area (Å²) >= 11 is 0. The molecule has 152 valence electrons. The summed E-state index contributed by atoms with van der Waals surface area (Å²) in [5.74, 6) is -0.687. The number of para-hydroxylation sites is 1. The van der Waals surface area contributed by atoms with E-state index in [0.717, 1.165) is 25.7 Å². The summed E-state index contributed by atoms with van der Waals surface area (Å²) in [6.45, 7) is 1.99. The zero-order valence-electron chi connectivity index (χ0n) is 16.1. The number of ether oxygens (including phenoxy) is 1. The van der Waals surface area contributed by atoms with E-state index in [1.165, 1.54) is 18.2 Å². The summed E-state index contributed by atoms with van der Waals surface area (Å²) in [5.41, 5.74) is 0.524. The lowest BCUT2D eigenvalue weighted by Crippen LogP contribution is -2.33. The average molecular weight is 397 g/mol. The summed E-state index contributed by atoms with van der Waals surface area (Å²) in [5, 5.41) is 17.0. The molecule has 2 aromatic rings. The van der Waals surface area contributed by atoms with Crippen molar-refractivity contribution in [3.05, 3.63) is 63.7 Å². The lowest BCUT2D eigenvalue weighted by molar-refractivity contribution is -0.385. The fourth-order valence-electron chi connectivity index (χ4n) is 3.40. The minimum atomic E-state index is -0.592. The topological polar surface area (TPSA) is 111 Å². The summed E-state index contributed by atoms with van der Waals surface area (Å²) in [7, 11) is 0. The molecule has 1 saturated carbocycles. The van der Waals surface area contributed by atoms with Gasteiger partial charge in [0.05, 0.1) is 22.8 Å². The van der Waals surface area contributed by atoms with Crippen molar-refractivity contribution in [3.63, 3.8) is 0 Å². The second-order valence-electron chi connectivity index (χ2n) is 6.83. The Morgan fingerprint density at radius 2 is 1.86 bits per heavy atom. The highest BCUT2D eigenvalue weighted by Crippen LogP contribution is 2.28. The monoisotopic (exact) mass is 397 g/mol. The van der Waals surface area contributed by atoms with Gasteiger partial charge in [0.1, 0.15) is 0 Å². The Labute approximate surface area is 168 Å². The van der Waals surface area contributed by atoms with Gasteiger partial charge < -0.3 is 15.4 Å². The predicted octanol–water partition coefficient (Wildman–Crippen LogP) is 3.92. The first kappa shape index (κ1) is 20.3. The Kier molecular flexibility index (Phi) is 6.43. The highest BCUT2D eigenvalue weighted by atomic mass is 16.6. The van der Waals surface area contributed by atoms with Crippen LogP contribution in [0, 0.1) is 10.1 Å². The van der Waals surface area contributed by atoms with Gasteiger partial charge in [0.2, 0.25) is 0 Å². The fourth-order valence-corrected chi connectivity index (χ4v) is 3.40. The van der Waals surface area contributed by atoms with Gasteiger partial charge in [0, 0.05) is 17.7 Å². The number of hydrogen-bond acceptors (Lipinski definition) is 5. The van der Waals surface area contributed by atoms with Gasteiger partial charge in [-0.15, -0.1) is 0 Å². The predicted molar refractivity (Wildman–Crippen MR) is 108 cm³/mol. The van der Waals surface area contributed by atoms with Crippen LogP contribution in [0.5, 0.6) is 5.75 Å². The molecular formula is C21H23N3O5. The van der Waals surface area contributed by atoms with Crippen LogP contribution in [-0.2, 0) is 0 Å². The first-order valence-electron chi connectivity index (χ1n) is 9.62. The third kappa shape index (κ3) is 4.90. The van der Waals surface area contributed by atoms with Gasteiger partial charge in [0.25, 0.3) is 11.8 Å². The van der Waals surface area contributed by atoms with Crippen LogP contribution in [0.15, 0.2) is 42.5 Å². The van der Waals surface area contributed by atoms with Crippen molar-refractivity contribution in [2.75, 3.05) is 11.9 Å². The molecule has 0 aliphatic heterocycles. The number of nitrogens with zero attached hydrogens (tertiary/aromatic N) is 1. The Balaban J connectivity index is 1.79. The number of hydrogen-bond donors (Lipinski definition) is 2. The van der Waals surface area contributed by atoms with Crippen molar-refractivity contribution in [2.24, 2.45) is 0 Å². The van der Waals surface area contributed by atoms with Crippen LogP contribution in [0.3, 0.4) is 0 Å². The molecule has 2 aromatic carbocycles. The zero-order valence-corrected chi connectivity index (χ0v) is 16.1. The van der Waals surface area contributed by atoms with E-state index in [9.17, 15) is 19.7 Å². The highest BCUT2D eigenvalue weighted by molar-refractivity contribution is 6.09. The number of carbonyl (C=O) groups excluding carboxylic acids is 2. The number of anilines is 1. The maximum Gasteiger partial charge on any atom is 0.311 e. The van der Waals surface area contributed by atoms with Gasteiger partial charge in [-0.3, -0.25) is 19.7 Å². The summed E-state index contributed by atoms with van der Waals surface area (Å²) in [6, 6.07) is 10.9. The molecule has 0 bridgehead atoms. The van der Waals surface area contributed by atoms with E-state index in [1.807, 2.05) is 0 Å². The highest BCUT2D eigenvalue weighted by Gasteiger charge is 2.22. The van der Waals surface area contributed by atoms with E-state index in [-0.39, 0.29) is 35.6 Å². The minimum absolute atomic E-state index is 0.102. The molecule has 0 heterocycles. The molecular weight excluding hydrogens is 374 g/mol. The van der Waals surface area contributed by atoms with Crippen LogP contribution in [0.25, 0.3) is 0 Å². The Bertz CT molecular complexity index is 922. The lowest BCUT2D eigenvalue weighted by Gasteiger charge is -2.15. The van der Waals surface area contributed by atoms with Crippen LogP contribution in [-0.4, -0.2) is 29.4 Å². The van der Waals surface area contributed by atoms with Gasteiger partial charge in [0.15, 0.2) is 5.75 Å². The van der Waals surface area contributed by atoms with E-state index in [4.69, 9.17) is 4.74 Å². The van der Waals surface area contributed by atoms with Crippen LogP contribution >= 0.6 is 0 Å². The molecule has 1 aliphatic rings. The first-order valence-corrected chi connectivity index (χ1v) is 9.62. The number of amides is 2. The molecule has 8 heteroatoms. The maximum absolute atomic E-state index is 12.7. The molecule has 0 aromatic heterocycles. The second-order valence-corrected chi connectivity index (χ2v) is 6.83. The quantitative estimate of drug-likeness (QED) is 0.543. The summed E-state index contributed by atoms with van der Waals surface area (Å²) in [6.07, 6.45) is 4.10. The van der Waals surface area contributed by atoms with E-state index >= 15 is 0 Å².